The minimum atomic E-state index is -0.382. The molecule has 0 amide bonds. The molecule has 0 saturated carbocycles. The number of nitrogens with zero attached hydrogens (tertiary/aromatic N) is 5. The van der Waals surface area contributed by atoms with Gasteiger partial charge in [-0.05, 0) is 75.5 Å². The molecule has 0 spiro atoms. The number of thiazole rings is 1. The third-order valence-electron chi connectivity index (χ3n) is 8.23. The van der Waals surface area contributed by atoms with E-state index in [0.29, 0.717) is 62.7 Å². The molecule has 0 atom stereocenters. The molecule has 2 N–H and O–H groups in total. The molecule has 39 heavy (non-hydrogen) atoms. The van der Waals surface area contributed by atoms with Gasteiger partial charge in [0.05, 0.1) is 27.8 Å². The second-order valence-corrected chi connectivity index (χ2v) is 12.0. The van der Waals surface area contributed by atoms with Gasteiger partial charge in [0.1, 0.15) is 24.1 Å². The fourth-order valence-corrected chi connectivity index (χ4v) is 7.41. The van der Waals surface area contributed by atoms with Crippen LogP contribution in [0.15, 0.2) is 36.2 Å². The molecule has 7 nitrogen and oxygen atoms in total. The first-order valence-corrected chi connectivity index (χ1v) is 14.4. The molecule has 4 aromatic rings. The van der Waals surface area contributed by atoms with Crippen molar-refractivity contribution in [3.8, 4) is 17.1 Å². The minimum Gasteiger partial charge on any atom is -0.461 e. The van der Waals surface area contributed by atoms with Crippen LogP contribution in [0.4, 0.5) is 19.7 Å². The Morgan fingerprint density at radius 2 is 1.87 bits per heavy atom. The summed E-state index contributed by atoms with van der Waals surface area (Å²) in [6.07, 6.45) is 6.73. The van der Waals surface area contributed by atoms with Crippen LogP contribution in [0.3, 0.4) is 0 Å². The molecule has 2 fully saturated rings. The van der Waals surface area contributed by atoms with Crippen molar-refractivity contribution in [1.82, 2.24) is 19.9 Å². The maximum Gasteiger partial charge on any atom is 0.319 e. The van der Waals surface area contributed by atoms with E-state index in [1.165, 1.54) is 18.9 Å². The summed E-state index contributed by atoms with van der Waals surface area (Å²) >= 11 is 7.92. The van der Waals surface area contributed by atoms with Gasteiger partial charge in [-0.2, -0.15) is 9.97 Å². The van der Waals surface area contributed by atoms with Crippen LogP contribution >= 0.6 is 22.9 Å². The van der Waals surface area contributed by atoms with Crippen molar-refractivity contribution < 1.29 is 13.5 Å². The smallest absolute Gasteiger partial charge is 0.319 e. The molecule has 0 aliphatic carbocycles. The Kier molecular flexibility index (Phi) is 6.09. The molecule has 5 heterocycles. The summed E-state index contributed by atoms with van der Waals surface area (Å²) in [6.45, 7) is 3.46. The van der Waals surface area contributed by atoms with E-state index in [1.807, 2.05) is 11.0 Å². The van der Waals surface area contributed by atoms with Crippen LogP contribution in [0, 0.1) is 5.82 Å². The average molecular weight is 569 g/mol. The maximum absolute atomic E-state index is 14.5. The molecule has 3 aliphatic heterocycles. The van der Waals surface area contributed by atoms with Crippen LogP contribution in [0.5, 0.6) is 6.01 Å². The summed E-state index contributed by atoms with van der Waals surface area (Å²) in [5, 5.41) is 1.41. The van der Waals surface area contributed by atoms with E-state index in [0.717, 1.165) is 37.3 Å². The van der Waals surface area contributed by atoms with Crippen LogP contribution in [0.25, 0.3) is 32.2 Å². The highest BCUT2D eigenvalue weighted by Gasteiger charge is 2.45. The summed E-state index contributed by atoms with van der Waals surface area (Å²) in [5.41, 5.74) is 8.32. The van der Waals surface area contributed by atoms with Crippen LogP contribution in [0.1, 0.15) is 32.1 Å². The summed E-state index contributed by atoms with van der Waals surface area (Å²) in [5.74, 6) is 0.00750. The van der Waals surface area contributed by atoms with Gasteiger partial charge >= 0.3 is 6.01 Å². The van der Waals surface area contributed by atoms with E-state index in [1.54, 1.807) is 18.2 Å². The van der Waals surface area contributed by atoms with E-state index in [-0.39, 0.29) is 34.9 Å². The van der Waals surface area contributed by atoms with Crippen LogP contribution in [-0.4, -0.2) is 58.2 Å². The lowest BCUT2D eigenvalue weighted by Crippen LogP contribution is -2.43. The fourth-order valence-electron chi connectivity index (χ4n) is 6.38. The number of halogens is 3. The molecule has 2 aromatic carbocycles. The maximum atomic E-state index is 14.5. The van der Waals surface area contributed by atoms with Crippen molar-refractivity contribution in [1.29, 1.82) is 0 Å². The van der Waals surface area contributed by atoms with Crippen LogP contribution < -0.4 is 15.4 Å². The molecular formula is C28H27ClF2N6OS. The molecule has 0 radical (unpaired) electrons. The number of hydrogen-bond donors (Lipinski definition) is 1. The molecule has 0 unspecified atom stereocenters. The monoisotopic (exact) mass is 568 g/mol. The van der Waals surface area contributed by atoms with E-state index >= 15 is 0 Å². The number of benzene rings is 2. The van der Waals surface area contributed by atoms with Crippen molar-refractivity contribution in [3.05, 3.63) is 47.0 Å². The highest BCUT2D eigenvalue weighted by molar-refractivity contribution is 7.22. The molecule has 202 valence electrons. The predicted molar refractivity (Wildman–Crippen MR) is 152 cm³/mol. The Labute approximate surface area is 233 Å². The van der Waals surface area contributed by atoms with Gasteiger partial charge in [-0.3, -0.25) is 4.90 Å². The lowest BCUT2D eigenvalue weighted by molar-refractivity contribution is 0.108. The Balaban J connectivity index is 1.34. The van der Waals surface area contributed by atoms with Gasteiger partial charge in [0.2, 0.25) is 0 Å². The highest BCUT2D eigenvalue weighted by Crippen LogP contribution is 2.42. The van der Waals surface area contributed by atoms with E-state index in [4.69, 9.17) is 32.0 Å². The van der Waals surface area contributed by atoms with Crippen molar-refractivity contribution in [2.75, 3.05) is 43.4 Å². The average Bonchev–Trinajstić information content (AvgIpc) is 3.61. The minimum absolute atomic E-state index is 0.0356. The summed E-state index contributed by atoms with van der Waals surface area (Å²) in [7, 11) is 0. The zero-order valence-corrected chi connectivity index (χ0v) is 22.8. The first-order chi connectivity index (χ1) is 18.9. The molecule has 0 bridgehead atoms. The molecule has 7 rings (SSSR count). The van der Waals surface area contributed by atoms with Gasteiger partial charge in [0.15, 0.2) is 5.13 Å². The molecule has 2 aromatic heterocycles. The van der Waals surface area contributed by atoms with Gasteiger partial charge in [0, 0.05) is 28.1 Å². The van der Waals surface area contributed by atoms with Crippen LogP contribution in [0.2, 0.25) is 5.02 Å². The number of nitrogen functional groups attached to an aromatic ring is 1. The van der Waals surface area contributed by atoms with Crippen molar-refractivity contribution in [3.63, 3.8) is 0 Å². The van der Waals surface area contributed by atoms with Gasteiger partial charge in [-0.15, -0.1) is 0 Å². The topological polar surface area (TPSA) is 80.4 Å². The number of ether oxygens (including phenoxy) is 1. The van der Waals surface area contributed by atoms with Gasteiger partial charge in [-0.1, -0.05) is 22.9 Å². The molecular weight excluding hydrogens is 542 g/mol. The Morgan fingerprint density at radius 3 is 2.67 bits per heavy atom. The van der Waals surface area contributed by atoms with Gasteiger partial charge < -0.3 is 15.4 Å². The normalized spacial score (nSPS) is 19.2. The summed E-state index contributed by atoms with van der Waals surface area (Å²) < 4.78 is 35.5. The van der Waals surface area contributed by atoms with E-state index in [2.05, 4.69) is 9.88 Å². The predicted octanol–water partition coefficient (Wildman–Crippen LogP) is 6.35. The van der Waals surface area contributed by atoms with Gasteiger partial charge in [-0.25, -0.2) is 13.8 Å². The number of fused-ring (bicyclic) bond motifs is 3. The number of anilines is 2. The number of aromatic nitrogens is 3. The van der Waals surface area contributed by atoms with Crippen molar-refractivity contribution in [2.45, 2.75) is 37.6 Å². The van der Waals surface area contributed by atoms with Gasteiger partial charge in [0.25, 0.3) is 0 Å². The molecule has 2 saturated heterocycles. The first kappa shape index (κ1) is 24.9. The number of rotatable bonds is 5. The SMILES string of the molecule is Nc1nc2c(-c3cc4nc(OCC56CCCN5CCC6)nc(N5CCC=C(F)C5)c4cc3Cl)ccc(F)c2s1. The lowest BCUT2D eigenvalue weighted by atomic mass is 9.95. The quantitative estimate of drug-likeness (QED) is 0.300. The van der Waals surface area contributed by atoms with Crippen LogP contribution in [-0.2, 0) is 0 Å². The highest BCUT2D eigenvalue weighted by atomic mass is 35.5. The standard InChI is InChI=1S/C28H27ClF2N6OS/c29-20-12-19-22(13-18(20)17-5-6-21(31)24-23(17)34-26(32)39-24)33-27(35-25(19)36-9-1-4-16(30)14-36)38-15-28-7-2-10-37(28)11-3-8-28/h4-6,12-13H,1-3,7-11,14-15H2,(H2,32,34). The van der Waals surface area contributed by atoms with E-state index in [9.17, 15) is 8.78 Å². The second kappa shape index (κ2) is 9.53. The molecule has 11 heteroatoms. The molecule has 3 aliphatic rings. The fraction of sp³-hybridized carbons (Fsp3) is 0.393. The zero-order chi connectivity index (χ0) is 26.7. The largest absolute Gasteiger partial charge is 0.461 e. The van der Waals surface area contributed by atoms with Crippen molar-refractivity contribution >= 4 is 55.0 Å². The lowest BCUT2D eigenvalue weighted by Gasteiger charge is -2.31. The zero-order valence-electron chi connectivity index (χ0n) is 21.2. The second-order valence-electron chi connectivity index (χ2n) is 10.6. The first-order valence-electron chi connectivity index (χ1n) is 13.2. The van der Waals surface area contributed by atoms with Crippen molar-refractivity contribution in [2.24, 2.45) is 0 Å². The van der Waals surface area contributed by atoms with E-state index < -0.39 is 0 Å². The summed E-state index contributed by atoms with van der Waals surface area (Å²) in [6, 6.07) is 6.95. The Bertz CT molecular complexity index is 1630. The number of hydrogen-bond acceptors (Lipinski definition) is 8. The Hall–Kier alpha value is -3.08. The third-order valence-corrected chi connectivity index (χ3v) is 9.44. The number of nitrogens with two attached hydrogens (primary N) is 1. The Morgan fingerprint density at radius 1 is 1.05 bits per heavy atom. The third kappa shape index (κ3) is 4.29. The summed E-state index contributed by atoms with van der Waals surface area (Å²) in [4.78, 5) is 18.4.